The highest BCUT2D eigenvalue weighted by Crippen LogP contribution is 2.64. The zero-order valence-electron chi connectivity index (χ0n) is 6.97. The minimum atomic E-state index is 0.109. The predicted octanol–water partition coefficient (Wildman–Crippen LogP) is 1.59. The smallest absolute Gasteiger partial charge is 0.293 e. The van der Waals surface area contributed by atoms with E-state index >= 15 is 0 Å². The van der Waals surface area contributed by atoms with Crippen molar-refractivity contribution in [2.24, 2.45) is 10.8 Å². The Labute approximate surface area is 61.6 Å². The van der Waals surface area contributed by atoms with E-state index in [2.05, 4.69) is 27.7 Å². The molecule has 1 rings (SSSR count). The summed E-state index contributed by atoms with van der Waals surface area (Å²) in [5, 5.41) is 0. The van der Waals surface area contributed by atoms with Crippen LogP contribution in [0.3, 0.4) is 0 Å². The first-order valence-corrected chi connectivity index (χ1v) is 3.53. The number of carbonyl (C=O) groups excluding carboxylic acids is 1. The molecule has 1 fully saturated rings. The first kappa shape index (κ1) is 7.58. The standard InChI is InChI=1S/C8H14O2/c1-7(2)6(10-5-9)8(7,3)4/h5-6H,1-4H3. The lowest BCUT2D eigenvalue weighted by Crippen LogP contribution is -1.99. The second-order valence-electron chi connectivity index (χ2n) is 4.06. The van der Waals surface area contributed by atoms with Gasteiger partial charge in [0.2, 0.25) is 0 Å². The summed E-state index contributed by atoms with van der Waals surface area (Å²) in [5.74, 6) is 0. The highest BCUT2D eigenvalue weighted by Gasteiger charge is 2.67. The van der Waals surface area contributed by atoms with E-state index < -0.39 is 0 Å². The maximum Gasteiger partial charge on any atom is 0.293 e. The van der Waals surface area contributed by atoms with Gasteiger partial charge >= 0.3 is 0 Å². The van der Waals surface area contributed by atoms with Gasteiger partial charge in [0.15, 0.2) is 0 Å². The van der Waals surface area contributed by atoms with Crippen LogP contribution in [0.5, 0.6) is 0 Å². The number of hydrogen-bond acceptors (Lipinski definition) is 2. The SMILES string of the molecule is CC1(C)C(OC=O)C1(C)C. The number of ether oxygens (including phenoxy) is 1. The van der Waals surface area contributed by atoms with Gasteiger partial charge in [-0.05, 0) is 0 Å². The zero-order chi connectivity index (χ0) is 7.99. The van der Waals surface area contributed by atoms with Gasteiger partial charge in [0.25, 0.3) is 6.47 Å². The Morgan fingerprint density at radius 1 is 1.20 bits per heavy atom. The van der Waals surface area contributed by atoms with Crippen molar-refractivity contribution in [3.63, 3.8) is 0 Å². The van der Waals surface area contributed by atoms with Crippen molar-refractivity contribution >= 4 is 6.47 Å². The molecule has 0 aromatic rings. The molecule has 0 radical (unpaired) electrons. The van der Waals surface area contributed by atoms with E-state index in [1.165, 1.54) is 0 Å². The van der Waals surface area contributed by atoms with Crippen molar-refractivity contribution in [3.05, 3.63) is 0 Å². The summed E-state index contributed by atoms with van der Waals surface area (Å²) in [6.45, 7) is 8.99. The maximum absolute atomic E-state index is 10.0. The van der Waals surface area contributed by atoms with Gasteiger partial charge in [0.1, 0.15) is 6.10 Å². The lowest BCUT2D eigenvalue weighted by atomic mass is 10.0. The molecule has 0 saturated heterocycles. The van der Waals surface area contributed by atoms with Crippen LogP contribution in [0, 0.1) is 10.8 Å². The maximum atomic E-state index is 10.0. The van der Waals surface area contributed by atoms with Gasteiger partial charge in [-0.25, -0.2) is 0 Å². The minimum Gasteiger partial charge on any atom is -0.463 e. The highest BCUT2D eigenvalue weighted by molar-refractivity contribution is 5.40. The van der Waals surface area contributed by atoms with Gasteiger partial charge < -0.3 is 4.74 Å². The van der Waals surface area contributed by atoms with Crippen LogP contribution in [0.4, 0.5) is 0 Å². The average molecular weight is 142 g/mol. The lowest BCUT2D eigenvalue weighted by Gasteiger charge is -2.01. The summed E-state index contributed by atoms with van der Waals surface area (Å²) in [6.07, 6.45) is 0.109. The topological polar surface area (TPSA) is 26.3 Å². The Morgan fingerprint density at radius 3 is 1.70 bits per heavy atom. The molecule has 1 saturated carbocycles. The summed E-state index contributed by atoms with van der Waals surface area (Å²) < 4.78 is 4.90. The quantitative estimate of drug-likeness (QED) is 0.547. The van der Waals surface area contributed by atoms with E-state index in [-0.39, 0.29) is 16.9 Å². The van der Waals surface area contributed by atoms with Crippen LogP contribution in [0.1, 0.15) is 27.7 Å². The molecule has 0 spiro atoms. The summed E-state index contributed by atoms with van der Waals surface area (Å²) in [6, 6.07) is 0. The molecular formula is C8H14O2. The predicted molar refractivity (Wildman–Crippen MR) is 38.5 cm³/mol. The second kappa shape index (κ2) is 1.74. The van der Waals surface area contributed by atoms with Crippen molar-refractivity contribution in [2.45, 2.75) is 33.8 Å². The van der Waals surface area contributed by atoms with E-state index in [9.17, 15) is 4.79 Å². The Bertz CT molecular complexity index is 145. The molecule has 0 unspecified atom stereocenters. The Kier molecular flexibility index (Phi) is 1.32. The number of carbonyl (C=O) groups is 1. The third kappa shape index (κ3) is 0.678. The molecule has 0 atom stereocenters. The van der Waals surface area contributed by atoms with E-state index in [1.54, 1.807) is 0 Å². The molecule has 0 heterocycles. The summed E-state index contributed by atoms with van der Waals surface area (Å²) in [7, 11) is 0. The largest absolute Gasteiger partial charge is 0.463 e. The molecule has 1 aliphatic rings. The van der Waals surface area contributed by atoms with E-state index in [1.807, 2.05) is 0 Å². The van der Waals surface area contributed by atoms with Crippen LogP contribution >= 0.6 is 0 Å². The first-order valence-electron chi connectivity index (χ1n) is 3.53. The molecule has 0 N–H and O–H groups in total. The third-order valence-electron chi connectivity index (χ3n) is 3.08. The molecule has 2 heteroatoms. The van der Waals surface area contributed by atoms with Gasteiger partial charge in [-0.1, -0.05) is 27.7 Å². The molecule has 0 aromatic carbocycles. The van der Waals surface area contributed by atoms with Crippen LogP contribution in [0.2, 0.25) is 0 Å². The Balaban J connectivity index is 2.62. The summed E-state index contributed by atoms with van der Waals surface area (Å²) in [4.78, 5) is 10.0. The van der Waals surface area contributed by atoms with Crippen LogP contribution in [0.25, 0.3) is 0 Å². The highest BCUT2D eigenvalue weighted by atomic mass is 16.5. The van der Waals surface area contributed by atoms with Gasteiger partial charge in [0, 0.05) is 10.8 Å². The molecular weight excluding hydrogens is 128 g/mol. The summed E-state index contributed by atoms with van der Waals surface area (Å²) in [5.41, 5.74) is 0.321. The number of hydrogen-bond donors (Lipinski definition) is 0. The van der Waals surface area contributed by atoms with Crippen molar-refractivity contribution in [2.75, 3.05) is 0 Å². The van der Waals surface area contributed by atoms with Crippen molar-refractivity contribution < 1.29 is 9.53 Å². The van der Waals surface area contributed by atoms with Crippen LogP contribution in [-0.4, -0.2) is 12.6 Å². The van der Waals surface area contributed by atoms with Gasteiger partial charge in [0.05, 0.1) is 0 Å². The van der Waals surface area contributed by atoms with E-state index in [4.69, 9.17) is 4.74 Å². The molecule has 10 heavy (non-hydrogen) atoms. The van der Waals surface area contributed by atoms with Crippen molar-refractivity contribution in [1.29, 1.82) is 0 Å². The normalized spacial score (nSPS) is 27.6. The number of rotatable bonds is 2. The first-order chi connectivity index (χ1) is 4.44. The van der Waals surface area contributed by atoms with E-state index in [0.717, 1.165) is 0 Å². The molecule has 58 valence electrons. The summed E-state index contributed by atoms with van der Waals surface area (Å²) >= 11 is 0. The minimum absolute atomic E-state index is 0.109. The third-order valence-corrected chi connectivity index (χ3v) is 3.08. The van der Waals surface area contributed by atoms with Gasteiger partial charge in [-0.2, -0.15) is 0 Å². The van der Waals surface area contributed by atoms with Crippen molar-refractivity contribution in [1.82, 2.24) is 0 Å². The van der Waals surface area contributed by atoms with Crippen LogP contribution in [0.15, 0.2) is 0 Å². The van der Waals surface area contributed by atoms with E-state index in [0.29, 0.717) is 6.47 Å². The second-order valence-corrected chi connectivity index (χ2v) is 4.06. The van der Waals surface area contributed by atoms with Crippen LogP contribution < -0.4 is 0 Å². The Morgan fingerprint density at radius 2 is 1.60 bits per heavy atom. The molecule has 0 amide bonds. The average Bonchev–Trinajstić information content (AvgIpc) is 2.13. The Hall–Kier alpha value is -0.530. The molecule has 0 aliphatic heterocycles. The van der Waals surface area contributed by atoms with Gasteiger partial charge in [-0.3, -0.25) is 4.79 Å². The molecule has 0 aromatic heterocycles. The molecule has 1 aliphatic carbocycles. The van der Waals surface area contributed by atoms with Crippen LogP contribution in [-0.2, 0) is 9.53 Å². The fraction of sp³-hybridized carbons (Fsp3) is 0.875. The van der Waals surface area contributed by atoms with Gasteiger partial charge in [-0.15, -0.1) is 0 Å². The fourth-order valence-electron chi connectivity index (χ4n) is 1.53. The molecule has 0 bridgehead atoms. The fourth-order valence-corrected chi connectivity index (χ4v) is 1.53. The lowest BCUT2D eigenvalue weighted by molar-refractivity contribution is -0.131. The molecule has 2 nitrogen and oxygen atoms in total. The monoisotopic (exact) mass is 142 g/mol. The van der Waals surface area contributed by atoms with Crippen molar-refractivity contribution in [3.8, 4) is 0 Å². The zero-order valence-corrected chi connectivity index (χ0v) is 6.97.